The Hall–Kier alpha value is -2.39. The predicted octanol–water partition coefficient (Wildman–Crippen LogP) is 3.91. The average molecular weight is 580 g/mol. The minimum atomic E-state index is -2.08. The number of ether oxygens (including phenoxy) is 1. The van der Waals surface area contributed by atoms with Crippen molar-refractivity contribution in [2.24, 2.45) is 0 Å². The highest BCUT2D eigenvalue weighted by atomic mass is 31.2. The van der Waals surface area contributed by atoms with E-state index in [-0.39, 0.29) is 23.9 Å². The third-order valence-corrected chi connectivity index (χ3v) is 15.1. The van der Waals surface area contributed by atoms with Crippen LogP contribution in [0.3, 0.4) is 0 Å². The molecule has 1 N–H and O–H groups in total. The quantitative estimate of drug-likeness (QED) is 0.322. The molecule has 6 atom stereocenters. The van der Waals surface area contributed by atoms with Gasteiger partial charge in [0.2, 0.25) is 0 Å². The molecule has 0 unspecified atom stereocenters. The monoisotopic (exact) mass is 579 g/mol. The summed E-state index contributed by atoms with van der Waals surface area (Å²) in [7, 11) is -3.32. The van der Waals surface area contributed by atoms with Crippen LogP contribution in [0.2, 0.25) is 12.6 Å². The summed E-state index contributed by atoms with van der Waals surface area (Å²) in [6, 6.07) is 23.2. The third kappa shape index (κ3) is 5.19. The van der Waals surface area contributed by atoms with Crippen LogP contribution in [0, 0.1) is 6.92 Å². The Morgan fingerprint density at radius 2 is 1.73 bits per heavy atom. The summed E-state index contributed by atoms with van der Waals surface area (Å²) >= 11 is 0. The van der Waals surface area contributed by atoms with E-state index in [1.54, 1.807) is 13.1 Å². The van der Waals surface area contributed by atoms with Gasteiger partial charge in [0, 0.05) is 30.8 Å². The number of hydrogen-bond acceptors (Lipinski definition) is 6. The molecule has 4 heterocycles. The smallest absolute Gasteiger partial charge is 0.330 e. The first-order valence-corrected chi connectivity index (χ1v) is 18.2. The van der Waals surface area contributed by atoms with Gasteiger partial charge >= 0.3 is 5.69 Å². The molecule has 8 nitrogen and oxygen atoms in total. The molecule has 0 amide bonds. The number of nitrogens with one attached hydrogen (secondary N) is 1. The van der Waals surface area contributed by atoms with Crippen LogP contribution in [-0.4, -0.2) is 53.2 Å². The van der Waals surface area contributed by atoms with E-state index in [4.69, 9.17) is 13.8 Å². The van der Waals surface area contributed by atoms with Crippen LogP contribution in [0.1, 0.15) is 44.4 Å². The van der Waals surface area contributed by atoms with E-state index in [2.05, 4.69) is 83.8 Å². The van der Waals surface area contributed by atoms with Crippen molar-refractivity contribution in [1.82, 2.24) is 14.2 Å². The highest BCUT2D eigenvalue weighted by Gasteiger charge is 2.51. The number of aryl methyl sites for hydroxylation is 1. The van der Waals surface area contributed by atoms with Crippen LogP contribution in [0.15, 0.2) is 76.4 Å². The molecule has 3 aromatic rings. The van der Waals surface area contributed by atoms with E-state index >= 15 is 0 Å². The Kier molecular flexibility index (Phi) is 7.96. The second-order valence-corrected chi connectivity index (χ2v) is 17.1. The molecule has 3 saturated heterocycles. The molecule has 40 heavy (non-hydrogen) atoms. The van der Waals surface area contributed by atoms with Crippen LogP contribution >= 0.6 is 8.53 Å². The molecule has 2 aromatic carbocycles. The standard InChI is InChI=1S/C30H38N3O5PSi/c1-4-25-26(18-28(36-25)32-19-21(2)29(34)31-30(32)35)37-39-33-17-11-16-24(33)27(38-39)20-40(3,22-12-7-5-8-13-22)23-14-9-6-10-15-23/h5-10,12-15,19,24-28H,4,11,16-18,20H2,1-3H3,(H,31,34,35)/t24-,25-,26-,27+,28-,39-/m1/s1. The Morgan fingerprint density at radius 1 is 1.05 bits per heavy atom. The summed E-state index contributed by atoms with van der Waals surface area (Å²) in [6.07, 6.45) is 4.44. The molecule has 0 spiro atoms. The average Bonchev–Trinajstić information content (AvgIpc) is 3.69. The molecule has 10 heteroatoms. The van der Waals surface area contributed by atoms with E-state index in [0.717, 1.165) is 31.9 Å². The van der Waals surface area contributed by atoms with Gasteiger partial charge in [0.15, 0.2) is 0 Å². The molecule has 0 radical (unpaired) electrons. The minimum Gasteiger partial charge on any atom is -0.352 e. The van der Waals surface area contributed by atoms with Crippen molar-refractivity contribution < 1.29 is 13.8 Å². The maximum atomic E-state index is 12.5. The molecular weight excluding hydrogens is 541 g/mol. The highest BCUT2D eigenvalue weighted by Crippen LogP contribution is 2.58. The molecule has 212 valence electrons. The normalized spacial score (nSPS) is 28.7. The lowest BCUT2D eigenvalue weighted by molar-refractivity contribution is -0.0189. The molecule has 0 saturated carbocycles. The molecule has 3 fully saturated rings. The number of hydrogen-bond donors (Lipinski definition) is 1. The number of benzene rings is 2. The van der Waals surface area contributed by atoms with Crippen LogP contribution in [0.4, 0.5) is 0 Å². The molecule has 6 rings (SSSR count). The van der Waals surface area contributed by atoms with Crippen LogP contribution in [0.5, 0.6) is 0 Å². The summed E-state index contributed by atoms with van der Waals surface area (Å²) in [5.74, 6) is 0. The fraction of sp³-hybridized carbons (Fsp3) is 0.467. The number of fused-ring (bicyclic) bond motifs is 1. The van der Waals surface area contributed by atoms with Crippen molar-refractivity contribution in [1.29, 1.82) is 0 Å². The van der Waals surface area contributed by atoms with Crippen molar-refractivity contribution >= 4 is 27.0 Å². The van der Waals surface area contributed by atoms with Gasteiger partial charge in [0.25, 0.3) is 14.1 Å². The summed E-state index contributed by atoms with van der Waals surface area (Å²) in [6.45, 7) is 7.22. The first-order chi connectivity index (χ1) is 19.4. The van der Waals surface area contributed by atoms with E-state index in [9.17, 15) is 9.59 Å². The zero-order chi connectivity index (χ0) is 27.9. The van der Waals surface area contributed by atoms with Gasteiger partial charge < -0.3 is 13.8 Å². The molecule has 0 aliphatic carbocycles. The van der Waals surface area contributed by atoms with Crippen molar-refractivity contribution in [3.8, 4) is 0 Å². The van der Waals surface area contributed by atoms with Gasteiger partial charge in [0.05, 0.1) is 18.3 Å². The number of aromatic amines is 1. The third-order valence-electron chi connectivity index (χ3n) is 8.83. The first kappa shape index (κ1) is 27.8. The molecule has 1 aromatic heterocycles. The predicted molar refractivity (Wildman–Crippen MR) is 160 cm³/mol. The van der Waals surface area contributed by atoms with Crippen molar-refractivity contribution in [3.05, 3.63) is 93.3 Å². The maximum absolute atomic E-state index is 12.5. The second kappa shape index (κ2) is 11.5. The number of rotatable bonds is 8. The highest BCUT2D eigenvalue weighted by molar-refractivity contribution is 7.45. The Bertz CT molecular complexity index is 1400. The maximum Gasteiger partial charge on any atom is 0.330 e. The lowest BCUT2D eigenvalue weighted by Gasteiger charge is -2.32. The van der Waals surface area contributed by atoms with Crippen LogP contribution in [0.25, 0.3) is 0 Å². The van der Waals surface area contributed by atoms with E-state index < -0.39 is 28.5 Å². The lowest BCUT2D eigenvalue weighted by atomic mass is 10.1. The largest absolute Gasteiger partial charge is 0.352 e. The van der Waals surface area contributed by atoms with Gasteiger partial charge in [-0.1, -0.05) is 84.5 Å². The lowest BCUT2D eigenvalue weighted by Crippen LogP contribution is -2.58. The van der Waals surface area contributed by atoms with E-state index in [0.29, 0.717) is 18.0 Å². The number of H-pyrrole nitrogens is 1. The fourth-order valence-electron chi connectivity index (χ4n) is 6.54. The molecule has 3 aliphatic heterocycles. The van der Waals surface area contributed by atoms with Gasteiger partial charge in [-0.05, 0) is 32.2 Å². The van der Waals surface area contributed by atoms with E-state index in [1.807, 2.05) is 0 Å². The van der Waals surface area contributed by atoms with Gasteiger partial charge in [0.1, 0.15) is 14.3 Å². The molecular formula is C30H38N3O5PSi. The Balaban J connectivity index is 1.22. The molecule has 3 aliphatic rings. The first-order valence-electron chi connectivity index (χ1n) is 14.4. The number of nitrogens with zero attached hydrogens (tertiary/aromatic N) is 2. The van der Waals surface area contributed by atoms with Gasteiger partial charge in [-0.15, -0.1) is 0 Å². The second-order valence-electron chi connectivity index (χ2n) is 11.4. The number of aromatic nitrogens is 2. The van der Waals surface area contributed by atoms with Crippen molar-refractivity contribution in [2.75, 3.05) is 6.54 Å². The van der Waals surface area contributed by atoms with Crippen LogP contribution < -0.4 is 21.6 Å². The van der Waals surface area contributed by atoms with E-state index in [1.165, 1.54) is 14.9 Å². The summed E-state index contributed by atoms with van der Waals surface area (Å²) < 4.78 is 23.9. The van der Waals surface area contributed by atoms with Crippen molar-refractivity contribution in [2.45, 2.75) is 82.7 Å². The fourth-order valence-corrected chi connectivity index (χ4v) is 12.5. The molecule has 0 bridgehead atoms. The van der Waals surface area contributed by atoms with Crippen molar-refractivity contribution in [3.63, 3.8) is 0 Å². The zero-order valence-electron chi connectivity index (χ0n) is 23.4. The minimum absolute atomic E-state index is 0.105. The zero-order valence-corrected chi connectivity index (χ0v) is 25.3. The van der Waals surface area contributed by atoms with Gasteiger partial charge in [-0.3, -0.25) is 14.3 Å². The van der Waals surface area contributed by atoms with Gasteiger partial charge in [-0.2, -0.15) is 0 Å². The van der Waals surface area contributed by atoms with Crippen LogP contribution in [-0.2, 0) is 13.8 Å². The Labute approximate surface area is 237 Å². The SMILES string of the molecule is CC[C@H]1O[C@@H](n2cc(C)c(=O)[nH]c2=O)C[C@H]1O[P@]1O[C@@H](C[Si](C)(c2ccccc2)c2ccccc2)[C@H]2CCCN21. The Morgan fingerprint density at radius 3 is 2.38 bits per heavy atom. The topological polar surface area (TPSA) is 85.8 Å². The summed E-state index contributed by atoms with van der Waals surface area (Å²) in [5, 5.41) is 2.84. The van der Waals surface area contributed by atoms with Gasteiger partial charge in [-0.25, -0.2) is 9.46 Å². The summed E-state index contributed by atoms with van der Waals surface area (Å²) in [5.41, 5.74) is -0.338. The summed E-state index contributed by atoms with van der Waals surface area (Å²) in [4.78, 5) is 26.8.